The molecule has 14 nitrogen and oxygen atoms in total. The van der Waals surface area contributed by atoms with Gasteiger partial charge in [-0.2, -0.15) is 5.26 Å². The van der Waals surface area contributed by atoms with Gasteiger partial charge >= 0.3 is 11.9 Å². The Bertz CT molecular complexity index is 2110. The number of nitriles is 1. The van der Waals surface area contributed by atoms with Crippen LogP contribution in [0.15, 0.2) is 36.4 Å². The molecule has 2 saturated heterocycles. The molecule has 4 bridgehead atoms. The van der Waals surface area contributed by atoms with E-state index in [0.717, 1.165) is 16.7 Å². The predicted molar refractivity (Wildman–Crippen MR) is 198 cm³/mol. The minimum atomic E-state index is -1.02. The molecule has 55 heavy (non-hydrogen) atoms. The predicted octanol–water partition coefficient (Wildman–Crippen LogP) is 4.31. The molecule has 1 amide bonds. The van der Waals surface area contributed by atoms with E-state index in [1.54, 1.807) is 38.5 Å². The Balaban J connectivity index is 1.37. The largest absolute Gasteiger partial charge is 0.493 e. The fourth-order valence-electron chi connectivity index (χ4n) is 9.14. The van der Waals surface area contributed by atoms with E-state index in [0.29, 0.717) is 57.4 Å². The van der Waals surface area contributed by atoms with Gasteiger partial charge in [-0.1, -0.05) is 24.3 Å². The summed E-state index contributed by atoms with van der Waals surface area (Å²) in [6.07, 6.45) is 0.535. The maximum Gasteiger partial charge on any atom is 0.329 e. The van der Waals surface area contributed by atoms with Crippen molar-refractivity contribution in [2.24, 2.45) is 0 Å². The third kappa shape index (κ3) is 5.94. The zero-order valence-electron chi connectivity index (χ0n) is 31.4. The fraction of sp³-hybridized carbons (Fsp3) is 0.450. The van der Waals surface area contributed by atoms with Crippen LogP contribution in [0.5, 0.6) is 28.7 Å². The number of likely N-dealkylation sites (N-methyl/N-ethyl adjacent to an activating group) is 1. The Kier molecular flexibility index (Phi) is 9.79. The molecule has 288 valence electrons. The number of nitrogens with one attached hydrogen (secondary N) is 1. The van der Waals surface area contributed by atoms with E-state index in [9.17, 15) is 19.6 Å². The SMILES string of the molecule is COCOc1c(OC)c(C)cc2c1[C@@H]1C3[C@@H]4SCC(NC(=O)c5ccccc5)C(=O)OC[C@@H](c5c6c(c(C)c(OC(C)=O)c54)OCO6)N3[C@@H](C#N)[C@H](C2)N1C. The minimum absolute atomic E-state index is 0.0248. The van der Waals surface area contributed by atoms with E-state index < -0.39 is 53.3 Å². The smallest absolute Gasteiger partial charge is 0.329 e. The van der Waals surface area contributed by atoms with Gasteiger partial charge in [0.05, 0.1) is 30.5 Å². The van der Waals surface area contributed by atoms with Crippen LogP contribution in [0, 0.1) is 25.2 Å². The van der Waals surface area contributed by atoms with E-state index in [1.165, 1.54) is 18.7 Å². The van der Waals surface area contributed by atoms with Crippen molar-refractivity contribution in [3.05, 3.63) is 75.3 Å². The fourth-order valence-corrected chi connectivity index (χ4v) is 10.6. The first-order valence-corrected chi connectivity index (χ1v) is 19.1. The number of esters is 2. The van der Waals surface area contributed by atoms with Crippen LogP contribution in [0.3, 0.4) is 0 Å². The maximum absolute atomic E-state index is 13.9. The second kappa shape index (κ2) is 14.6. The van der Waals surface area contributed by atoms with Gasteiger partial charge in [0.2, 0.25) is 6.79 Å². The standard InChI is InChI=1S/C40H42N4O10S/c1-19-12-23-13-25-26(14-41)44-27-15-50-40(47)24(42-39(46)22-10-8-7-9-11-22)16-55-38(30-29(27)37-35(52-18-53-37)20(2)34(30)54-21(3)45)32(44)31(43(25)4)28(23)36(33(19)49-6)51-17-48-5/h7-12,24-27,31-32,38H,13,15-18H2,1-6H3,(H,42,46)/t24?,25-,26-,27-,31+,32?,38+/m0/s1. The molecule has 6 heterocycles. The minimum Gasteiger partial charge on any atom is -0.493 e. The number of hydrogen-bond donors (Lipinski definition) is 1. The van der Waals surface area contributed by atoms with Crippen LogP contribution >= 0.6 is 11.8 Å². The third-order valence-electron chi connectivity index (χ3n) is 11.3. The molecule has 2 fully saturated rings. The second-order valence-corrected chi connectivity index (χ2v) is 15.5. The lowest BCUT2D eigenvalue weighted by molar-refractivity contribution is -0.151. The summed E-state index contributed by atoms with van der Waals surface area (Å²) in [5.74, 6) is 0.903. The number of carbonyl (C=O) groups excluding carboxylic acids is 3. The van der Waals surface area contributed by atoms with Crippen molar-refractivity contribution in [3.63, 3.8) is 0 Å². The van der Waals surface area contributed by atoms with E-state index in [1.807, 2.05) is 27.0 Å². The van der Waals surface area contributed by atoms with E-state index in [-0.39, 0.29) is 32.0 Å². The number of amides is 1. The highest BCUT2D eigenvalue weighted by atomic mass is 32.2. The molecule has 2 unspecified atom stereocenters. The normalized spacial score (nSPS) is 26.4. The molecule has 0 radical (unpaired) electrons. The highest BCUT2D eigenvalue weighted by Crippen LogP contribution is 2.64. The van der Waals surface area contributed by atoms with Gasteiger partial charge < -0.3 is 38.5 Å². The summed E-state index contributed by atoms with van der Waals surface area (Å²) in [7, 11) is 5.18. The highest BCUT2D eigenvalue weighted by Gasteiger charge is 2.61. The number of ether oxygens (including phenoxy) is 7. The van der Waals surface area contributed by atoms with Crippen LogP contribution in [0.1, 0.15) is 68.0 Å². The zero-order chi connectivity index (χ0) is 38.7. The van der Waals surface area contributed by atoms with Crippen molar-refractivity contribution < 1.29 is 47.5 Å². The van der Waals surface area contributed by atoms with Crippen LogP contribution in [-0.2, 0) is 25.5 Å². The molecule has 0 aliphatic carbocycles. The van der Waals surface area contributed by atoms with Crippen LogP contribution in [0.25, 0.3) is 0 Å². The number of thioether (sulfide) groups is 1. The topological polar surface area (TPSA) is 158 Å². The van der Waals surface area contributed by atoms with Gasteiger partial charge in [0.15, 0.2) is 29.8 Å². The lowest BCUT2D eigenvalue weighted by atomic mass is 9.71. The average molecular weight is 771 g/mol. The molecule has 0 spiro atoms. The Hall–Kier alpha value is -5.01. The molecule has 3 aromatic carbocycles. The summed E-state index contributed by atoms with van der Waals surface area (Å²) in [4.78, 5) is 44.7. The van der Waals surface area contributed by atoms with E-state index in [4.69, 9.17) is 33.2 Å². The Morgan fingerprint density at radius 3 is 2.51 bits per heavy atom. The molecule has 0 saturated carbocycles. The first kappa shape index (κ1) is 36.9. The van der Waals surface area contributed by atoms with Gasteiger partial charge in [-0.15, -0.1) is 11.8 Å². The number of methoxy groups -OCH3 is 2. The molecule has 1 N–H and O–H groups in total. The number of nitrogens with zero attached hydrogens (tertiary/aromatic N) is 3. The van der Waals surface area contributed by atoms with E-state index in [2.05, 4.69) is 27.3 Å². The van der Waals surface area contributed by atoms with Crippen molar-refractivity contribution in [1.82, 2.24) is 15.1 Å². The lowest BCUT2D eigenvalue weighted by Crippen LogP contribution is -2.69. The van der Waals surface area contributed by atoms with Crippen molar-refractivity contribution in [2.75, 3.05) is 47.2 Å². The first-order valence-electron chi connectivity index (χ1n) is 18.1. The Morgan fingerprint density at radius 2 is 1.80 bits per heavy atom. The van der Waals surface area contributed by atoms with Crippen molar-refractivity contribution in [3.8, 4) is 34.8 Å². The molecule has 15 heteroatoms. The van der Waals surface area contributed by atoms with Crippen molar-refractivity contribution in [2.45, 2.75) is 68.7 Å². The molecule has 6 aliphatic heterocycles. The third-order valence-corrected chi connectivity index (χ3v) is 12.7. The maximum atomic E-state index is 13.9. The van der Waals surface area contributed by atoms with Crippen molar-refractivity contribution >= 4 is 29.6 Å². The molecule has 6 aliphatic rings. The summed E-state index contributed by atoms with van der Waals surface area (Å²) in [5, 5.41) is 13.5. The van der Waals surface area contributed by atoms with Gasteiger partial charge in [-0.05, 0) is 50.6 Å². The Labute approximate surface area is 322 Å². The van der Waals surface area contributed by atoms with Crippen molar-refractivity contribution in [1.29, 1.82) is 5.26 Å². The lowest BCUT2D eigenvalue weighted by Gasteiger charge is -2.61. The second-order valence-electron chi connectivity index (χ2n) is 14.3. The monoisotopic (exact) mass is 770 g/mol. The number of hydrogen-bond acceptors (Lipinski definition) is 14. The molecular formula is C40H42N4O10S. The number of aryl methyl sites for hydroxylation is 1. The Morgan fingerprint density at radius 1 is 1.04 bits per heavy atom. The van der Waals surface area contributed by atoms with Crippen LogP contribution < -0.4 is 29.0 Å². The summed E-state index contributed by atoms with van der Waals surface area (Å²) in [6.45, 7) is 4.87. The zero-order valence-corrected chi connectivity index (χ0v) is 32.2. The summed E-state index contributed by atoms with van der Waals surface area (Å²) < 4.78 is 42.2. The molecule has 7 atom stereocenters. The summed E-state index contributed by atoms with van der Waals surface area (Å²) >= 11 is 1.42. The van der Waals surface area contributed by atoms with Gasteiger partial charge in [0.25, 0.3) is 5.91 Å². The van der Waals surface area contributed by atoms with Crippen LogP contribution in [0.2, 0.25) is 0 Å². The first-order chi connectivity index (χ1) is 26.6. The molecule has 0 aromatic heterocycles. The number of fused-ring (bicyclic) bond motifs is 10. The quantitative estimate of drug-likeness (QED) is 0.206. The molecule has 9 rings (SSSR count). The number of rotatable bonds is 7. The number of benzene rings is 3. The number of piperazine rings is 1. The highest BCUT2D eigenvalue weighted by molar-refractivity contribution is 7.99. The molecular weight excluding hydrogens is 729 g/mol. The van der Waals surface area contributed by atoms with E-state index >= 15 is 0 Å². The van der Waals surface area contributed by atoms with Gasteiger partial charge in [-0.25, -0.2) is 4.79 Å². The van der Waals surface area contributed by atoms with Gasteiger partial charge in [-0.3, -0.25) is 19.4 Å². The summed E-state index contributed by atoms with van der Waals surface area (Å²) in [5.41, 5.74) is 5.13. The average Bonchev–Trinajstić information content (AvgIpc) is 3.67. The van der Waals surface area contributed by atoms with Gasteiger partial charge in [0.1, 0.15) is 24.4 Å². The van der Waals surface area contributed by atoms with Crippen LogP contribution in [-0.4, -0.2) is 99.0 Å². The number of carbonyl (C=O) groups is 3. The summed E-state index contributed by atoms with van der Waals surface area (Å²) in [6, 6.07) is 9.81. The molecule has 3 aromatic rings. The van der Waals surface area contributed by atoms with Gasteiger partial charge in [0, 0.05) is 59.7 Å². The van der Waals surface area contributed by atoms with Crippen LogP contribution in [0.4, 0.5) is 0 Å².